The van der Waals surface area contributed by atoms with Crippen LogP contribution in [0.5, 0.6) is 0 Å². The SMILES string of the molecule is ClC(c1ccc2c(c1)COC2)C1CCCCCCC1. The van der Waals surface area contributed by atoms with Crippen LogP contribution in [0.15, 0.2) is 18.2 Å². The standard InChI is InChI=1S/C17H23ClO/c18-17(13-6-4-2-1-3-5-7-13)14-8-9-15-11-19-12-16(15)10-14/h8-10,13,17H,1-7,11-12H2. The molecule has 1 aliphatic heterocycles. The Kier molecular flexibility index (Phi) is 4.45. The number of alkyl halides is 1. The largest absolute Gasteiger partial charge is 0.372 e. The summed E-state index contributed by atoms with van der Waals surface area (Å²) in [5.41, 5.74) is 3.98. The first-order chi connectivity index (χ1) is 9.34. The van der Waals surface area contributed by atoms with E-state index in [0.29, 0.717) is 5.92 Å². The molecular weight excluding hydrogens is 256 g/mol. The second-order valence-corrected chi connectivity index (χ2v) is 6.50. The van der Waals surface area contributed by atoms with Crippen molar-refractivity contribution in [1.82, 2.24) is 0 Å². The van der Waals surface area contributed by atoms with E-state index >= 15 is 0 Å². The molecule has 1 aromatic rings. The second kappa shape index (κ2) is 6.28. The van der Waals surface area contributed by atoms with Crippen molar-refractivity contribution in [3.8, 4) is 0 Å². The van der Waals surface area contributed by atoms with Gasteiger partial charge in [0.1, 0.15) is 0 Å². The lowest BCUT2D eigenvalue weighted by Gasteiger charge is -2.25. The molecule has 0 spiro atoms. The van der Waals surface area contributed by atoms with Crippen molar-refractivity contribution < 1.29 is 4.74 Å². The average molecular weight is 279 g/mol. The molecule has 0 bridgehead atoms. The molecule has 19 heavy (non-hydrogen) atoms. The van der Waals surface area contributed by atoms with Gasteiger partial charge in [0.25, 0.3) is 0 Å². The number of benzene rings is 1. The van der Waals surface area contributed by atoms with Gasteiger partial charge in [0.2, 0.25) is 0 Å². The average Bonchev–Trinajstić information content (AvgIpc) is 2.84. The Morgan fingerprint density at radius 3 is 2.42 bits per heavy atom. The third-order valence-electron chi connectivity index (χ3n) is 4.63. The summed E-state index contributed by atoms with van der Waals surface area (Å²) in [6, 6.07) is 6.69. The number of hydrogen-bond donors (Lipinski definition) is 0. The van der Waals surface area contributed by atoms with Gasteiger partial charge in [-0.3, -0.25) is 0 Å². The summed E-state index contributed by atoms with van der Waals surface area (Å²) >= 11 is 6.77. The second-order valence-electron chi connectivity index (χ2n) is 6.03. The molecule has 0 radical (unpaired) electrons. The molecule has 2 heteroatoms. The maximum Gasteiger partial charge on any atom is 0.0725 e. The summed E-state index contributed by atoms with van der Waals surface area (Å²) in [5.74, 6) is 0.655. The summed E-state index contributed by atoms with van der Waals surface area (Å²) in [4.78, 5) is 0. The minimum atomic E-state index is 0.184. The van der Waals surface area contributed by atoms with Crippen LogP contribution in [-0.2, 0) is 18.0 Å². The molecule has 3 rings (SSSR count). The van der Waals surface area contributed by atoms with Crippen molar-refractivity contribution in [2.75, 3.05) is 0 Å². The van der Waals surface area contributed by atoms with Gasteiger partial charge in [0, 0.05) is 0 Å². The maximum atomic E-state index is 6.77. The number of ether oxygens (including phenoxy) is 1. The van der Waals surface area contributed by atoms with E-state index in [-0.39, 0.29) is 5.38 Å². The summed E-state index contributed by atoms with van der Waals surface area (Å²) in [6.07, 6.45) is 9.47. The van der Waals surface area contributed by atoms with Crippen molar-refractivity contribution in [2.45, 2.75) is 63.5 Å². The molecule has 0 aromatic heterocycles. The van der Waals surface area contributed by atoms with Crippen molar-refractivity contribution in [3.63, 3.8) is 0 Å². The van der Waals surface area contributed by atoms with E-state index in [9.17, 15) is 0 Å². The first kappa shape index (κ1) is 13.5. The highest BCUT2D eigenvalue weighted by Crippen LogP contribution is 2.38. The van der Waals surface area contributed by atoms with Crippen LogP contribution in [0.1, 0.15) is 67.0 Å². The molecule has 0 N–H and O–H groups in total. The smallest absolute Gasteiger partial charge is 0.0725 e. The Labute approximate surface area is 121 Å². The van der Waals surface area contributed by atoms with E-state index < -0.39 is 0 Å². The van der Waals surface area contributed by atoms with E-state index in [1.807, 2.05) is 0 Å². The van der Waals surface area contributed by atoms with E-state index in [4.69, 9.17) is 16.3 Å². The predicted molar refractivity (Wildman–Crippen MR) is 79.3 cm³/mol. The van der Waals surface area contributed by atoms with Crippen LogP contribution < -0.4 is 0 Å². The zero-order valence-electron chi connectivity index (χ0n) is 11.5. The third kappa shape index (κ3) is 3.14. The molecule has 104 valence electrons. The Balaban J connectivity index is 1.72. The molecule has 1 nitrogen and oxygen atoms in total. The highest BCUT2D eigenvalue weighted by Gasteiger charge is 2.23. The van der Waals surface area contributed by atoms with Gasteiger partial charge in [-0.05, 0) is 35.4 Å². The zero-order valence-corrected chi connectivity index (χ0v) is 12.3. The van der Waals surface area contributed by atoms with Gasteiger partial charge in [-0.25, -0.2) is 0 Å². The molecule has 0 saturated heterocycles. The predicted octanol–water partition coefficient (Wildman–Crippen LogP) is 5.36. The van der Waals surface area contributed by atoms with Crippen LogP contribution in [-0.4, -0.2) is 0 Å². The summed E-state index contributed by atoms with van der Waals surface area (Å²) in [5, 5.41) is 0.184. The van der Waals surface area contributed by atoms with Crippen LogP contribution in [0.25, 0.3) is 0 Å². The maximum absolute atomic E-state index is 6.77. The molecule has 0 amide bonds. The minimum Gasteiger partial charge on any atom is -0.372 e. The molecule has 1 unspecified atom stereocenters. The van der Waals surface area contributed by atoms with Gasteiger partial charge in [-0.15, -0.1) is 11.6 Å². The third-order valence-corrected chi connectivity index (χ3v) is 5.24. The molecule has 2 aliphatic rings. The number of fused-ring (bicyclic) bond motifs is 1. The molecule has 1 aromatic carbocycles. The Morgan fingerprint density at radius 1 is 0.947 bits per heavy atom. The Hall–Kier alpha value is -0.530. The lowest BCUT2D eigenvalue weighted by atomic mass is 9.86. The molecule has 1 saturated carbocycles. The zero-order chi connectivity index (χ0) is 13.1. The monoisotopic (exact) mass is 278 g/mol. The quantitative estimate of drug-likeness (QED) is 0.662. The van der Waals surface area contributed by atoms with Crippen molar-refractivity contribution in [1.29, 1.82) is 0 Å². The highest BCUT2D eigenvalue weighted by atomic mass is 35.5. The molecule has 1 fully saturated rings. The van der Waals surface area contributed by atoms with Gasteiger partial charge in [-0.1, -0.05) is 50.3 Å². The Morgan fingerprint density at radius 2 is 1.63 bits per heavy atom. The fourth-order valence-corrected chi connectivity index (χ4v) is 3.80. The van der Waals surface area contributed by atoms with Crippen LogP contribution in [0.4, 0.5) is 0 Å². The fraction of sp³-hybridized carbons (Fsp3) is 0.647. The van der Waals surface area contributed by atoms with Crippen LogP contribution in [0, 0.1) is 5.92 Å². The van der Waals surface area contributed by atoms with E-state index in [0.717, 1.165) is 13.2 Å². The van der Waals surface area contributed by atoms with Gasteiger partial charge in [0.05, 0.1) is 18.6 Å². The number of halogens is 1. The van der Waals surface area contributed by atoms with Gasteiger partial charge >= 0.3 is 0 Å². The van der Waals surface area contributed by atoms with E-state index in [1.165, 1.54) is 61.6 Å². The normalized spacial score (nSPS) is 22.6. The van der Waals surface area contributed by atoms with Crippen LogP contribution in [0.3, 0.4) is 0 Å². The summed E-state index contributed by atoms with van der Waals surface area (Å²) in [6.45, 7) is 1.53. The van der Waals surface area contributed by atoms with Gasteiger partial charge in [-0.2, -0.15) is 0 Å². The van der Waals surface area contributed by atoms with Crippen LogP contribution in [0.2, 0.25) is 0 Å². The van der Waals surface area contributed by atoms with Gasteiger partial charge < -0.3 is 4.74 Å². The number of hydrogen-bond acceptors (Lipinski definition) is 1. The van der Waals surface area contributed by atoms with E-state index in [1.54, 1.807) is 0 Å². The Bertz CT molecular complexity index is 421. The van der Waals surface area contributed by atoms with Crippen molar-refractivity contribution >= 4 is 11.6 Å². The molecule has 1 atom stereocenters. The van der Waals surface area contributed by atoms with Crippen molar-refractivity contribution in [2.24, 2.45) is 5.92 Å². The highest BCUT2D eigenvalue weighted by molar-refractivity contribution is 6.21. The molecular formula is C17H23ClO. The van der Waals surface area contributed by atoms with Crippen molar-refractivity contribution in [3.05, 3.63) is 34.9 Å². The lowest BCUT2D eigenvalue weighted by Crippen LogP contribution is -2.10. The van der Waals surface area contributed by atoms with E-state index in [2.05, 4.69) is 18.2 Å². The van der Waals surface area contributed by atoms with Gasteiger partial charge in [0.15, 0.2) is 0 Å². The fourth-order valence-electron chi connectivity index (χ4n) is 3.42. The first-order valence-corrected chi connectivity index (χ1v) is 8.12. The van der Waals surface area contributed by atoms with Crippen LogP contribution >= 0.6 is 11.6 Å². The number of rotatable bonds is 2. The minimum absolute atomic E-state index is 0.184. The summed E-state index contributed by atoms with van der Waals surface area (Å²) in [7, 11) is 0. The first-order valence-electron chi connectivity index (χ1n) is 7.68. The topological polar surface area (TPSA) is 9.23 Å². The molecule has 1 heterocycles. The lowest BCUT2D eigenvalue weighted by molar-refractivity contribution is 0.134. The summed E-state index contributed by atoms with van der Waals surface area (Å²) < 4.78 is 5.49. The molecule has 1 aliphatic carbocycles.